The quantitative estimate of drug-likeness (QED) is 0.337. The normalized spacial score (nSPS) is 15.2. The lowest BCUT2D eigenvalue weighted by molar-refractivity contribution is -0.139. The number of hydrogen-bond acceptors (Lipinski definition) is 6. The van der Waals surface area contributed by atoms with Crippen LogP contribution in [0.1, 0.15) is 43.6 Å². The Morgan fingerprint density at radius 3 is 2.68 bits per heavy atom. The highest BCUT2D eigenvalue weighted by atomic mass is 16.5. The van der Waals surface area contributed by atoms with Crippen molar-refractivity contribution in [2.75, 3.05) is 19.7 Å². The minimum atomic E-state index is -0.966. The zero-order chi connectivity index (χ0) is 23.8. The first kappa shape index (κ1) is 23.8. The summed E-state index contributed by atoms with van der Waals surface area (Å²) in [5, 5.41) is 16.1. The third-order valence-corrected chi connectivity index (χ3v) is 6.30. The predicted molar refractivity (Wildman–Crippen MR) is 133 cm³/mol. The molecule has 4 rings (SSSR count). The summed E-state index contributed by atoms with van der Waals surface area (Å²) >= 11 is 0. The number of oxazole rings is 1. The van der Waals surface area contributed by atoms with Gasteiger partial charge < -0.3 is 24.9 Å². The van der Waals surface area contributed by atoms with Gasteiger partial charge in [-0.3, -0.25) is 0 Å². The lowest BCUT2D eigenvalue weighted by atomic mass is 9.93. The summed E-state index contributed by atoms with van der Waals surface area (Å²) in [6.45, 7) is 6.92. The van der Waals surface area contributed by atoms with Gasteiger partial charge in [-0.05, 0) is 74.5 Å². The Labute approximate surface area is 200 Å². The van der Waals surface area contributed by atoms with E-state index in [0.717, 1.165) is 36.7 Å². The molecule has 0 aliphatic carbocycles. The van der Waals surface area contributed by atoms with Crippen LogP contribution in [0.15, 0.2) is 59.5 Å². The van der Waals surface area contributed by atoms with Crippen molar-refractivity contribution in [2.45, 2.75) is 44.6 Å². The molecule has 1 fully saturated rings. The average Bonchev–Trinajstić information content (AvgIpc) is 3.29. The van der Waals surface area contributed by atoms with Gasteiger partial charge in [0.15, 0.2) is 5.58 Å². The minimum absolute atomic E-state index is 0.288. The largest absolute Gasteiger partial charge is 0.494 e. The van der Waals surface area contributed by atoms with Crippen LogP contribution in [0.2, 0.25) is 0 Å². The molecule has 2 aromatic carbocycles. The smallest absolute Gasteiger partial charge is 0.326 e. The molecule has 3 N–H and O–H groups in total. The summed E-state index contributed by atoms with van der Waals surface area (Å²) in [6.07, 6.45) is 6.40. The van der Waals surface area contributed by atoms with Gasteiger partial charge in [0.1, 0.15) is 17.3 Å². The van der Waals surface area contributed by atoms with Crippen molar-refractivity contribution in [3.63, 3.8) is 0 Å². The number of carbonyl (C=O) groups is 1. The molecule has 1 unspecified atom stereocenters. The van der Waals surface area contributed by atoms with Crippen LogP contribution in [0.5, 0.6) is 5.75 Å². The van der Waals surface area contributed by atoms with Crippen molar-refractivity contribution in [3.05, 3.63) is 66.6 Å². The number of hydrogen-bond donors (Lipinski definition) is 3. The van der Waals surface area contributed by atoms with Gasteiger partial charge in [-0.2, -0.15) is 0 Å². The van der Waals surface area contributed by atoms with Crippen molar-refractivity contribution in [2.24, 2.45) is 5.92 Å². The summed E-state index contributed by atoms with van der Waals surface area (Å²) in [5.41, 5.74) is 2.57. The van der Waals surface area contributed by atoms with Crippen molar-refractivity contribution in [3.8, 4) is 5.75 Å². The van der Waals surface area contributed by atoms with Gasteiger partial charge in [-0.1, -0.05) is 37.3 Å². The molecular weight excluding hydrogens is 430 g/mol. The first-order valence-electron chi connectivity index (χ1n) is 12.0. The molecule has 180 valence electrons. The Bertz CT molecular complexity index is 1050. The van der Waals surface area contributed by atoms with E-state index < -0.39 is 12.0 Å². The highest BCUT2D eigenvalue weighted by molar-refractivity contribution is 5.78. The maximum atomic E-state index is 11.8. The molecule has 34 heavy (non-hydrogen) atoms. The molecule has 7 heteroatoms. The third-order valence-electron chi connectivity index (χ3n) is 6.30. The van der Waals surface area contributed by atoms with E-state index in [0.29, 0.717) is 29.8 Å². The molecule has 1 atom stereocenters. The van der Waals surface area contributed by atoms with Crippen molar-refractivity contribution >= 4 is 22.8 Å². The fourth-order valence-electron chi connectivity index (χ4n) is 4.33. The van der Waals surface area contributed by atoms with Crippen LogP contribution < -0.4 is 15.4 Å². The lowest BCUT2D eigenvalue weighted by Gasteiger charge is -2.22. The number of carboxylic acids is 1. The summed E-state index contributed by atoms with van der Waals surface area (Å²) in [4.78, 5) is 16.2. The Kier molecular flexibility index (Phi) is 8.20. The molecule has 7 nitrogen and oxygen atoms in total. The number of aromatic nitrogens is 1. The van der Waals surface area contributed by atoms with Gasteiger partial charge in [-0.25, -0.2) is 9.78 Å². The van der Waals surface area contributed by atoms with Gasteiger partial charge in [0.2, 0.25) is 5.89 Å². The van der Waals surface area contributed by atoms with E-state index in [1.165, 1.54) is 25.7 Å². The molecule has 3 aromatic rings. The Morgan fingerprint density at radius 1 is 1.18 bits per heavy atom. The van der Waals surface area contributed by atoms with Crippen LogP contribution in [0, 0.1) is 5.92 Å². The van der Waals surface area contributed by atoms with Crippen LogP contribution in [-0.2, 0) is 11.2 Å². The Hall–Kier alpha value is -3.32. The molecule has 0 bridgehead atoms. The van der Waals surface area contributed by atoms with Crippen molar-refractivity contribution in [1.82, 2.24) is 15.6 Å². The number of unbranched alkanes of at least 4 members (excludes halogenated alkanes) is 1. The van der Waals surface area contributed by atoms with E-state index in [1.54, 1.807) is 0 Å². The SMILES string of the molecule is C=C(NC(Cc1ccc(OCCCCC2CCNCC2)cc1)C(=O)O)c1nc2ccccc2o1. The number of carboxylic acid groups (broad SMARTS) is 1. The first-order chi connectivity index (χ1) is 16.6. The zero-order valence-corrected chi connectivity index (χ0v) is 19.5. The topological polar surface area (TPSA) is 96.6 Å². The van der Waals surface area contributed by atoms with E-state index in [9.17, 15) is 9.90 Å². The molecule has 0 saturated carbocycles. The van der Waals surface area contributed by atoms with Crippen LogP contribution in [0.25, 0.3) is 16.8 Å². The lowest BCUT2D eigenvalue weighted by Crippen LogP contribution is -2.37. The Balaban J connectivity index is 1.24. The minimum Gasteiger partial charge on any atom is -0.494 e. The number of fused-ring (bicyclic) bond motifs is 1. The van der Waals surface area contributed by atoms with E-state index in [-0.39, 0.29) is 5.89 Å². The molecule has 0 radical (unpaired) electrons. The van der Waals surface area contributed by atoms with Crippen molar-refractivity contribution < 1.29 is 19.1 Å². The maximum Gasteiger partial charge on any atom is 0.326 e. The molecule has 1 aromatic heterocycles. The third kappa shape index (κ3) is 6.60. The fourth-order valence-corrected chi connectivity index (χ4v) is 4.33. The number of rotatable bonds is 12. The van der Waals surface area contributed by atoms with E-state index >= 15 is 0 Å². The van der Waals surface area contributed by atoms with Gasteiger partial charge >= 0.3 is 5.97 Å². The highest BCUT2D eigenvalue weighted by Crippen LogP contribution is 2.21. The van der Waals surface area contributed by atoms with Gasteiger partial charge in [0.25, 0.3) is 0 Å². The number of ether oxygens (including phenoxy) is 1. The number of aliphatic carboxylic acids is 1. The predicted octanol–water partition coefficient (Wildman–Crippen LogP) is 4.63. The maximum absolute atomic E-state index is 11.8. The highest BCUT2D eigenvalue weighted by Gasteiger charge is 2.21. The van der Waals surface area contributed by atoms with Crippen LogP contribution in [-0.4, -0.2) is 41.8 Å². The average molecular weight is 464 g/mol. The molecule has 0 spiro atoms. The summed E-state index contributed by atoms with van der Waals surface area (Å²) in [6, 6.07) is 14.1. The molecular formula is C27H33N3O4. The van der Waals surface area contributed by atoms with E-state index in [1.807, 2.05) is 48.5 Å². The zero-order valence-electron chi connectivity index (χ0n) is 19.5. The molecule has 1 saturated heterocycles. The van der Waals surface area contributed by atoms with E-state index in [2.05, 4.69) is 22.2 Å². The fraction of sp³-hybridized carbons (Fsp3) is 0.407. The van der Waals surface area contributed by atoms with Gasteiger partial charge in [0, 0.05) is 6.42 Å². The number of para-hydroxylation sites is 2. The van der Waals surface area contributed by atoms with Gasteiger partial charge in [-0.15, -0.1) is 0 Å². The van der Waals surface area contributed by atoms with Crippen LogP contribution in [0.4, 0.5) is 0 Å². The second-order valence-electron chi connectivity index (χ2n) is 8.89. The molecule has 1 aliphatic rings. The summed E-state index contributed by atoms with van der Waals surface area (Å²) in [5.74, 6) is 0.985. The Morgan fingerprint density at radius 2 is 1.94 bits per heavy atom. The second kappa shape index (κ2) is 11.7. The first-order valence-corrected chi connectivity index (χ1v) is 12.0. The van der Waals surface area contributed by atoms with Crippen LogP contribution >= 0.6 is 0 Å². The van der Waals surface area contributed by atoms with Crippen LogP contribution in [0.3, 0.4) is 0 Å². The summed E-state index contributed by atoms with van der Waals surface area (Å²) < 4.78 is 11.6. The number of piperidine rings is 1. The standard InChI is InChI=1S/C27H33N3O4/c1-19(26-30-23-7-2-3-8-25(23)34-26)29-24(27(31)32)18-21-9-11-22(12-10-21)33-17-5-4-6-20-13-15-28-16-14-20/h2-3,7-12,20,24,28-29H,1,4-6,13-18H2,(H,31,32). The van der Waals surface area contributed by atoms with E-state index in [4.69, 9.17) is 9.15 Å². The number of nitrogens with zero attached hydrogens (tertiary/aromatic N) is 1. The second-order valence-corrected chi connectivity index (χ2v) is 8.89. The monoisotopic (exact) mass is 463 g/mol. The molecule has 0 amide bonds. The van der Waals surface area contributed by atoms with Gasteiger partial charge in [0.05, 0.1) is 12.3 Å². The molecule has 1 aliphatic heterocycles. The number of benzene rings is 2. The number of nitrogens with one attached hydrogen (secondary N) is 2. The molecule has 2 heterocycles. The summed E-state index contributed by atoms with van der Waals surface area (Å²) in [7, 11) is 0. The van der Waals surface area contributed by atoms with Crippen molar-refractivity contribution in [1.29, 1.82) is 0 Å².